The van der Waals surface area contributed by atoms with Crippen LogP contribution in [0.4, 0.5) is 0 Å². The van der Waals surface area contributed by atoms with E-state index in [9.17, 15) is 5.11 Å². The minimum atomic E-state index is 0.361. The van der Waals surface area contributed by atoms with E-state index < -0.39 is 0 Å². The monoisotopic (exact) mass is 260 g/mol. The van der Waals surface area contributed by atoms with Crippen molar-refractivity contribution < 1.29 is 5.11 Å². The quantitative estimate of drug-likeness (QED) is 0.440. The molecule has 0 unspecified atom stereocenters. The van der Waals surface area contributed by atoms with Gasteiger partial charge in [0, 0.05) is 0 Å². The second-order valence-electron chi connectivity index (χ2n) is 5.32. The SMILES string of the molecule is C=CCc1cc(O)ccc1CCCCCCCCC. The Hall–Kier alpha value is -1.24. The normalized spacial score (nSPS) is 10.6. The van der Waals surface area contributed by atoms with Crippen molar-refractivity contribution in [1.82, 2.24) is 0 Å². The summed E-state index contributed by atoms with van der Waals surface area (Å²) >= 11 is 0. The van der Waals surface area contributed by atoms with Gasteiger partial charge in [0.1, 0.15) is 5.75 Å². The lowest BCUT2D eigenvalue weighted by Gasteiger charge is -2.08. The molecular weight excluding hydrogens is 232 g/mol. The van der Waals surface area contributed by atoms with Crippen LogP contribution in [-0.4, -0.2) is 5.11 Å². The highest BCUT2D eigenvalue weighted by molar-refractivity contribution is 5.36. The van der Waals surface area contributed by atoms with Gasteiger partial charge in [0.15, 0.2) is 0 Å². The Labute approximate surface area is 118 Å². The van der Waals surface area contributed by atoms with Crippen LogP contribution in [0.1, 0.15) is 63.0 Å². The lowest BCUT2D eigenvalue weighted by atomic mass is 9.98. The van der Waals surface area contributed by atoms with Crippen LogP contribution in [0.25, 0.3) is 0 Å². The lowest BCUT2D eigenvalue weighted by molar-refractivity contribution is 0.474. The van der Waals surface area contributed by atoms with Crippen LogP contribution in [0.15, 0.2) is 30.9 Å². The Bertz CT molecular complexity index is 368. The molecule has 1 aromatic carbocycles. The number of benzene rings is 1. The fraction of sp³-hybridized carbons (Fsp3) is 0.556. The second-order valence-corrected chi connectivity index (χ2v) is 5.32. The van der Waals surface area contributed by atoms with Crippen LogP contribution < -0.4 is 0 Å². The molecule has 0 aliphatic heterocycles. The van der Waals surface area contributed by atoms with Crippen molar-refractivity contribution in [1.29, 1.82) is 0 Å². The Morgan fingerprint density at radius 1 is 1.00 bits per heavy atom. The van der Waals surface area contributed by atoms with Gasteiger partial charge in [-0.05, 0) is 42.5 Å². The summed E-state index contributed by atoms with van der Waals surface area (Å²) in [5.74, 6) is 0.361. The van der Waals surface area contributed by atoms with Gasteiger partial charge in [-0.3, -0.25) is 0 Å². The molecule has 0 aliphatic rings. The topological polar surface area (TPSA) is 20.2 Å². The molecule has 1 nitrogen and oxygen atoms in total. The predicted octanol–water partition coefficient (Wildman–Crippen LogP) is 5.41. The van der Waals surface area contributed by atoms with Gasteiger partial charge < -0.3 is 5.11 Å². The average Bonchev–Trinajstić information content (AvgIpc) is 2.40. The summed E-state index contributed by atoms with van der Waals surface area (Å²) in [7, 11) is 0. The van der Waals surface area contributed by atoms with Gasteiger partial charge in [0.25, 0.3) is 0 Å². The van der Waals surface area contributed by atoms with Crippen molar-refractivity contribution in [2.75, 3.05) is 0 Å². The third kappa shape index (κ3) is 6.47. The maximum Gasteiger partial charge on any atom is 0.115 e. The maximum absolute atomic E-state index is 9.52. The number of rotatable bonds is 10. The van der Waals surface area contributed by atoms with Crippen molar-refractivity contribution >= 4 is 0 Å². The highest BCUT2D eigenvalue weighted by Gasteiger charge is 2.02. The first-order chi connectivity index (χ1) is 9.27. The highest BCUT2D eigenvalue weighted by Crippen LogP contribution is 2.20. The van der Waals surface area contributed by atoms with Gasteiger partial charge in [-0.15, -0.1) is 6.58 Å². The zero-order valence-corrected chi connectivity index (χ0v) is 12.3. The molecule has 106 valence electrons. The predicted molar refractivity (Wildman–Crippen MR) is 83.7 cm³/mol. The van der Waals surface area contributed by atoms with Gasteiger partial charge in [-0.1, -0.05) is 57.6 Å². The number of phenolic OH excluding ortho intramolecular Hbond substituents is 1. The molecule has 0 atom stereocenters. The minimum Gasteiger partial charge on any atom is -0.508 e. The fourth-order valence-electron chi connectivity index (χ4n) is 2.47. The van der Waals surface area contributed by atoms with Gasteiger partial charge in [0.05, 0.1) is 0 Å². The van der Waals surface area contributed by atoms with Crippen LogP contribution in [0, 0.1) is 0 Å². The van der Waals surface area contributed by atoms with Crippen LogP contribution in [-0.2, 0) is 12.8 Å². The first-order valence-corrected chi connectivity index (χ1v) is 7.69. The number of unbranched alkanes of at least 4 members (excludes halogenated alkanes) is 6. The fourth-order valence-corrected chi connectivity index (χ4v) is 2.47. The van der Waals surface area contributed by atoms with Crippen LogP contribution >= 0.6 is 0 Å². The number of aromatic hydroxyl groups is 1. The Morgan fingerprint density at radius 2 is 1.68 bits per heavy atom. The third-order valence-corrected chi connectivity index (χ3v) is 3.60. The van der Waals surface area contributed by atoms with Gasteiger partial charge >= 0.3 is 0 Å². The van der Waals surface area contributed by atoms with E-state index in [1.807, 2.05) is 12.1 Å². The molecule has 0 amide bonds. The van der Waals surface area contributed by atoms with Crippen molar-refractivity contribution in [3.63, 3.8) is 0 Å². The second kappa shape index (κ2) is 9.66. The van der Waals surface area contributed by atoms with Gasteiger partial charge in [0.2, 0.25) is 0 Å². The number of aryl methyl sites for hydroxylation is 1. The summed E-state index contributed by atoms with van der Waals surface area (Å²) in [5, 5.41) is 9.52. The zero-order chi connectivity index (χ0) is 13.9. The molecular formula is C18H28O. The summed E-state index contributed by atoms with van der Waals surface area (Å²) in [6.45, 7) is 6.04. The van der Waals surface area contributed by atoms with Crippen LogP contribution in [0.5, 0.6) is 5.75 Å². The van der Waals surface area contributed by atoms with E-state index in [1.165, 1.54) is 56.1 Å². The van der Waals surface area contributed by atoms with Gasteiger partial charge in [-0.25, -0.2) is 0 Å². The van der Waals surface area contributed by atoms with E-state index in [0.29, 0.717) is 5.75 Å². The van der Waals surface area contributed by atoms with Gasteiger partial charge in [-0.2, -0.15) is 0 Å². The molecule has 1 aromatic rings. The van der Waals surface area contributed by atoms with E-state index in [-0.39, 0.29) is 0 Å². The summed E-state index contributed by atoms with van der Waals surface area (Å²) < 4.78 is 0. The highest BCUT2D eigenvalue weighted by atomic mass is 16.3. The lowest BCUT2D eigenvalue weighted by Crippen LogP contribution is -1.93. The summed E-state index contributed by atoms with van der Waals surface area (Å²) in [6, 6.07) is 5.73. The van der Waals surface area contributed by atoms with Crippen LogP contribution in [0.3, 0.4) is 0 Å². The van der Waals surface area contributed by atoms with Crippen molar-refractivity contribution in [3.05, 3.63) is 42.0 Å². The smallest absolute Gasteiger partial charge is 0.115 e. The Kier molecular flexibility index (Phi) is 8.04. The van der Waals surface area contributed by atoms with Crippen molar-refractivity contribution in [2.45, 2.75) is 64.7 Å². The van der Waals surface area contributed by atoms with E-state index in [1.54, 1.807) is 6.07 Å². The molecule has 0 fully saturated rings. The molecule has 1 rings (SSSR count). The van der Waals surface area contributed by atoms with Crippen molar-refractivity contribution in [3.8, 4) is 5.75 Å². The molecule has 0 heterocycles. The molecule has 0 aliphatic carbocycles. The molecule has 0 aromatic heterocycles. The Morgan fingerprint density at radius 3 is 2.37 bits per heavy atom. The first kappa shape index (κ1) is 15.8. The van der Waals surface area contributed by atoms with E-state index >= 15 is 0 Å². The largest absolute Gasteiger partial charge is 0.508 e. The van der Waals surface area contributed by atoms with E-state index in [4.69, 9.17) is 0 Å². The molecule has 0 saturated heterocycles. The molecule has 1 N–H and O–H groups in total. The van der Waals surface area contributed by atoms with Crippen molar-refractivity contribution in [2.24, 2.45) is 0 Å². The number of allylic oxidation sites excluding steroid dienone is 1. The Balaban J connectivity index is 2.30. The third-order valence-electron chi connectivity index (χ3n) is 3.60. The number of phenols is 1. The molecule has 19 heavy (non-hydrogen) atoms. The zero-order valence-electron chi connectivity index (χ0n) is 12.3. The first-order valence-electron chi connectivity index (χ1n) is 7.69. The average molecular weight is 260 g/mol. The standard InChI is InChI=1S/C18H28O/c1-3-5-6-7-8-9-10-12-16-13-14-18(19)15-17(16)11-4-2/h4,13-15,19H,2-3,5-12H2,1H3. The summed E-state index contributed by atoms with van der Waals surface area (Å²) in [5.41, 5.74) is 2.59. The minimum absolute atomic E-state index is 0.361. The van der Waals surface area contributed by atoms with Crippen LogP contribution in [0.2, 0.25) is 0 Å². The number of hydrogen-bond donors (Lipinski definition) is 1. The number of hydrogen-bond acceptors (Lipinski definition) is 1. The molecule has 0 spiro atoms. The summed E-state index contributed by atoms with van der Waals surface area (Å²) in [4.78, 5) is 0. The van der Waals surface area contributed by atoms with E-state index in [2.05, 4.69) is 19.6 Å². The molecule has 0 bridgehead atoms. The molecule has 0 saturated carbocycles. The maximum atomic E-state index is 9.52. The summed E-state index contributed by atoms with van der Waals surface area (Å²) in [6.07, 6.45) is 13.3. The molecule has 0 radical (unpaired) electrons. The molecule has 1 heteroatoms. The van der Waals surface area contributed by atoms with E-state index in [0.717, 1.165) is 12.8 Å².